The Hall–Kier alpha value is -2.39. The Bertz CT molecular complexity index is 608. The highest BCUT2D eigenvalue weighted by Gasteiger charge is 2.35. The minimum absolute atomic E-state index is 0.0623. The maximum atomic E-state index is 12.7. The molecule has 0 atom stereocenters. The summed E-state index contributed by atoms with van der Waals surface area (Å²) in [4.78, 5) is 6.84. The highest BCUT2D eigenvalue weighted by molar-refractivity contribution is 5.47. The van der Waals surface area contributed by atoms with Crippen LogP contribution in [0.1, 0.15) is 18.6 Å². The van der Waals surface area contributed by atoms with Crippen LogP contribution in [0.5, 0.6) is 0 Å². The molecule has 0 spiro atoms. The number of halogens is 3. The van der Waals surface area contributed by atoms with Crippen molar-refractivity contribution in [1.82, 2.24) is 24.7 Å². The number of anilines is 2. The predicted octanol–water partition coefficient (Wildman–Crippen LogP) is 1.76. The number of nitrogens with zero attached hydrogens (tertiary/aromatic N) is 5. The molecule has 0 unspecified atom stereocenters. The van der Waals surface area contributed by atoms with Crippen molar-refractivity contribution in [1.29, 1.82) is 0 Å². The molecule has 10 heteroatoms. The number of rotatable bonds is 5. The van der Waals surface area contributed by atoms with Crippen LogP contribution in [0.15, 0.2) is 12.4 Å². The lowest BCUT2D eigenvalue weighted by Gasteiger charge is -2.11. The van der Waals surface area contributed by atoms with E-state index in [1.165, 1.54) is 13.1 Å². The summed E-state index contributed by atoms with van der Waals surface area (Å²) < 4.78 is 39.9. The first kappa shape index (κ1) is 15.0. The molecule has 114 valence electrons. The SMILES string of the molecule is CCn1cnnc1CNc1cc(NC)nc(C(F)(F)F)n1. The molecule has 0 bridgehead atoms. The van der Waals surface area contributed by atoms with E-state index in [0.717, 1.165) is 0 Å². The van der Waals surface area contributed by atoms with Crippen molar-refractivity contribution in [2.45, 2.75) is 26.2 Å². The predicted molar refractivity (Wildman–Crippen MR) is 69.6 cm³/mol. The number of hydrogen-bond donors (Lipinski definition) is 2. The summed E-state index contributed by atoms with van der Waals surface area (Å²) in [5, 5.41) is 13.0. The van der Waals surface area contributed by atoms with Gasteiger partial charge in [-0.25, -0.2) is 9.97 Å². The molecule has 0 saturated heterocycles. The molecule has 2 heterocycles. The first-order valence-corrected chi connectivity index (χ1v) is 6.18. The molecule has 0 aliphatic heterocycles. The van der Waals surface area contributed by atoms with E-state index < -0.39 is 12.0 Å². The Labute approximate surface area is 118 Å². The fourth-order valence-electron chi connectivity index (χ4n) is 1.64. The molecule has 0 amide bonds. The molecule has 2 rings (SSSR count). The Kier molecular flexibility index (Phi) is 4.24. The maximum Gasteiger partial charge on any atom is 0.451 e. The molecule has 0 aliphatic carbocycles. The topological polar surface area (TPSA) is 80.5 Å². The summed E-state index contributed by atoms with van der Waals surface area (Å²) in [7, 11) is 1.49. The van der Waals surface area contributed by atoms with E-state index in [9.17, 15) is 13.2 Å². The van der Waals surface area contributed by atoms with E-state index in [1.54, 1.807) is 10.9 Å². The van der Waals surface area contributed by atoms with E-state index in [4.69, 9.17) is 0 Å². The molecule has 0 radical (unpaired) electrons. The minimum Gasteiger partial charge on any atom is -0.373 e. The van der Waals surface area contributed by atoms with Gasteiger partial charge in [0.25, 0.3) is 0 Å². The zero-order valence-electron chi connectivity index (χ0n) is 11.4. The molecular weight excluding hydrogens is 287 g/mol. The number of nitrogens with one attached hydrogen (secondary N) is 2. The lowest BCUT2D eigenvalue weighted by atomic mass is 10.4. The minimum atomic E-state index is -4.60. The van der Waals surface area contributed by atoms with E-state index >= 15 is 0 Å². The van der Waals surface area contributed by atoms with Gasteiger partial charge in [0.05, 0.1) is 6.54 Å². The number of aryl methyl sites for hydroxylation is 1. The summed E-state index contributed by atoms with van der Waals surface area (Å²) in [6.45, 7) is 2.80. The van der Waals surface area contributed by atoms with Crippen molar-refractivity contribution in [2.24, 2.45) is 0 Å². The first-order chi connectivity index (χ1) is 9.94. The number of alkyl halides is 3. The summed E-state index contributed by atoms with van der Waals surface area (Å²) in [6, 6.07) is 1.39. The van der Waals surface area contributed by atoms with Crippen molar-refractivity contribution in [2.75, 3.05) is 17.7 Å². The molecule has 0 saturated carbocycles. The lowest BCUT2D eigenvalue weighted by molar-refractivity contribution is -0.144. The van der Waals surface area contributed by atoms with Gasteiger partial charge >= 0.3 is 6.18 Å². The van der Waals surface area contributed by atoms with Gasteiger partial charge in [-0.05, 0) is 6.92 Å². The highest BCUT2D eigenvalue weighted by Crippen LogP contribution is 2.28. The Morgan fingerprint density at radius 3 is 2.57 bits per heavy atom. The van der Waals surface area contributed by atoms with Gasteiger partial charge in [-0.2, -0.15) is 13.2 Å². The fourth-order valence-corrected chi connectivity index (χ4v) is 1.64. The van der Waals surface area contributed by atoms with Crippen LogP contribution in [0.2, 0.25) is 0 Å². The Morgan fingerprint density at radius 1 is 1.24 bits per heavy atom. The van der Waals surface area contributed by atoms with Crippen LogP contribution in [0.4, 0.5) is 24.8 Å². The van der Waals surface area contributed by atoms with Crippen LogP contribution in [0.25, 0.3) is 0 Å². The molecule has 2 aromatic rings. The smallest absolute Gasteiger partial charge is 0.373 e. The fraction of sp³-hybridized carbons (Fsp3) is 0.455. The molecule has 7 nitrogen and oxygen atoms in total. The van der Waals surface area contributed by atoms with Crippen molar-refractivity contribution in [3.63, 3.8) is 0 Å². The normalized spacial score (nSPS) is 11.5. The van der Waals surface area contributed by atoms with Crippen LogP contribution >= 0.6 is 0 Å². The van der Waals surface area contributed by atoms with Gasteiger partial charge in [0.1, 0.15) is 18.0 Å². The van der Waals surface area contributed by atoms with Crippen LogP contribution in [-0.4, -0.2) is 31.8 Å². The monoisotopic (exact) mass is 301 g/mol. The third kappa shape index (κ3) is 3.58. The largest absolute Gasteiger partial charge is 0.451 e. The van der Waals surface area contributed by atoms with Crippen LogP contribution in [0, 0.1) is 0 Å². The molecule has 2 N–H and O–H groups in total. The zero-order chi connectivity index (χ0) is 15.5. The van der Waals surface area contributed by atoms with Crippen LogP contribution in [-0.2, 0) is 19.3 Å². The molecule has 21 heavy (non-hydrogen) atoms. The zero-order valence-corrected chi connectivity index (χ0v) is 11.4. The van der Waals surface area contributed by atoms with E-state index in [2.05, 4.69) is 30.8 Å². The Morgan fingerprint density at radius 2 is 1.95 bits per heavy atom. The van der Waals surface area contributed by atoms with Crippen molar-refractivity contribution in [3.05, 3.63) is 24.0 Å². The van der Waals surface area contributed by atoms with Crippen molar-refractivity contribution < 1.29 is 13.2 Å². The molecule has 2 aromatic heterocycles. The summed E-state index contributed by atoms with van der Waals surface area (Å²) in [5.74, 6) is -0.450. The summed E-state index contributed by atoms with van der Waals surface area (Å²) in [5.41, 5.74) is 0. The average molecular weight is 301 g/mol. The average Bonchev–Trinajstić information content (AvgIpc) is 2.91. The van der Waals surface area contributed by atoms with Crippen LogP contribution in [0.3, 0.4) is 0 Å². The molecular formula is C11H14F3N7. The second kappa shape index (κ2) is 5.94. The Balaban J connectivity index is 2.19. The van der Waals surface area contributed by atoms with Crippen LogP contribution < -0.4 is 10.6 Å². The van der Waals surface area contributed by atoms with E-state index in [1.807, 2.05) is 6.92 Å². The molecule has 0 aliphatic rings. The second-order valence-electron chi connectivity index (χ2n) is 4.10. The number of aromatic nitrogens is 5. The maximum absolute atomic E-state index is 12.7. The van der Waals surface area contributed by atoms with Gasteiger partial charge in [-0.3, -0.25) is 0 Å². The van der Waals surface area contributed by atoms with Gasteiger partial charge in [0.15, 0.2) is 5.82 Å². The lowest BCUT2D eigenvalue weighted by Crippen LogP contribution is -2.15. The second-order valence-corrected chi connectivity index (χ2v) is 4.10. The summed E-state index contributed by atoms with van der Waals surface area (Å²) >= 11 is 0. The van der Waals surface area contributed by atoms with E-state index in [-0.39, 0.29) is 18.2 Å². The first-order valence-electron chi connectivity index (χ1n) is 6.18. The van der Waals surface area contributed by atoms with Gasteiger partial charge in [-0.1, -0.05) is 0 Å². The van der Waals surface area contributed by atoms with Gasteiger partial charge in [0, 0.05) is 19.7 Å². The standard InChI is InChI=1S/C11H14F3N7/c1-3-21-6-17-20-9(21)5-16-8-4-7(15-2)18-10(19-8)11(12,13)14/h4,6H,3,5H2,1-2H3,(H2,15,16,18,19). The van der Waals surface area contributed by atoms with E-state index in [0.29, 0.717) is 12.4 Å². The summed E-state index contributed by atoms with van der Waals surface area (Å²) in [6.07, 6.45) is -3.05. The third-order valence-corrected chi connectivity index (χ3v) is 2.70. The molecule has 0 aromatic carbocycles. The van der Waals surface area contributed by atoms with Gasteiger partial charge < -0.3 is 15.2 Å². The third-order valence-electron chi connectivity index (χ3n) is 2.70. The highest BCUT2D eigenvalue weighted by atomic mass is 19.4. The quantitative estimate of drug-likeness (QED) is 0.876. The molecule has 0 fully saturated rings. The number of hydrogen-bond acceptors (Lipinski definition) is 6. The van der Waals surface area contributed by atoms with Crippen molar-refractivity contribution in [3.8, 4) is 0 Å². The van der Waals surface area contributed by atoms with Gasteiger partial charge in [-0.15, -0.1) is 10.2 Å². The van der Waals surface area contributed by atoms with Gasteiger partial charge in [0.2, 0.25) is 5.82 Å². The van der Waals surface area contributed by atoms with Crippen molar-refractivity contribution >= 4 is 11.6 Å².